The molecule has 0 saturated heterocycles. The molecule has 1 aromatic carbocycles. The van der Waals surface area contributed by atoms with Gasteiger partial charge < -0.3 is 19.8 Å². The fourth-order valence-corrected chi connectivity index (χ4v) is 3.09. The summed E-state index contributed by atoms with van der Waals surface area (Å²) in [5, 5.41) is 2.71. The van der Waals surface area contributed by atoms with Gasteiger partial charge in [-0.25, -0.2) is 0 Å². The molecule has 6 heteroatoms. The fourth-order valence-electron chi connectivity index (χ4n) is 3.09. The highest BCUT2D eigenvalue weighted by molar-refractivity contribution is 6.04. The van der Waals surface area contributed by atoms with Crippen molar-refractivity contribution < 1.29 is 14.3 Å². The first-order chi connectivity index (χ1) is 11.2. The van der Waals surface area contributed by atoms with Crippen LogP contribution < -0.4 is 20.3 Å². The number of benzene rings is 1. The Morgan fingerprint density at radius 3 is 2.70 bits per heavy atom. The van der Waals surface area contributed by atoms with E-state index in [2.05, 4.69) is 10.3 Å². The molecule has 2 heterocycles. The number of aromatic nitrogens is 1. The highest BCUT2D eigenvalue weighted by Gasteiger charge is 2.44. The van der Waals surface area contributed by atoms with E-state index < -0.39 is 17.3 Å². The second kappa shape index (κ2) is 5.15. The first kappa shape index (κ1) is 13.9. The summed E-state index contributed by atoms with van der Waals surface area (Å²) in [6.45, 7) is 0. The fraction of sp³-hybridized carbons (Fsp3) is 0.294. The van der Waals surface area contributed by atoms with Gasteiger partial charge in [0, 0.05) is 30.8 Å². The number of fused-ring (bicyclic) bond motifs is 1. The molecule has 0 unspecified atom stereocenters. The minimum atomic E-state index is -0.526. The number of carbonyl (C=O) groups is 1. The number of H-pyrrole nitrogens is 1. The summed E-state index contributed by atoms with van der Waals surface area (Å²) in [7, 11) is 0. The molecule has 2 aromatic rings. The van der Waals surface area contributed by atoms with Crippen molar-refractivity contribution in [2.45, 2.75) is 31.5 Å². The molecular formula is C17H16N2O4. The van der Waals surface area contributed by atoms with Crippen molar-refractivity contribution in [2.24, 2.45) is 0 Å². The molecular weight excluding hydrogens is 296 g/mol. The molecule has 1 aliphatic heterocycles. The summed E-state index contributed by atoms with van der Waals surface area (Å²) >= 11 is 0. The molecule has 2 aliphatic rings. The Labute approximate surface area is 132 Å². The van der Waals surface area contributed by atoms with Crippen LogP contribution in [0.25, 0.3) is 0 Å². The summed E-state index contributed by atoms with van der Waals surface area (Å²) < 4.78 is 11.9. The third kappa shape index (κ3) is 2.46. The second-order valence-corrected chi connectivity index (χ2v) is 5.85. The molecule has 1 saturated carbocycles. The second-order valence-electron chi connectivity index (χ2n) is 5.85. The number of nitrogens with one attached hydrogen (secondary N) is 2. The maximum Gasteiger partial charge on any atom is 0.261 e. The molecule has 118 valence electrons. The Morgan fingerprint density at radius 2 is 1.91 bits per heavy atom. The Bertz CT molecular complexity index is 821. The van der Waals surface area contributed by atoms with Gasteiger partial charge in [-0.2, -0.15) is 0 Å². The van der Waals surface area contributed by atoms with Crippen molar-refractivity contribution in [1.82, 2.24) is 4.98 Å². The average molecular weight is 312 g/mol. The van der Waals surface area contributed by atoms with Gasteiger partial charge in [0.05, 0.1) is 0 Å². The van der Waals surface area contributed by atoms with E-state index >= 15 is 0 Å². The van der Waals surface area contributed by atoms with Gasteiger partial charge in [0.25, 0.3) is 17.3 Å². The monoisotopic (exact) mass is 312 g/mol. The van der Waals surface area contributed by atoms with Gasteiger partial charge in [-0.15, -0.1) is 0 Å². The minimum Gasteiger partial charge on any atom is -0.448 e. The van der Waals surface area contributed by atoms with Crippen LogP contribution in [0, 0.1) is 0 Å². The predicted octanol–water partition coefficient (Wildman–Crippen LogP) is 2.67. The quantitative estimate of drug-likeness (QED) is 0.893. The van der Waals surface area contributed by atoms with Gasteiger partial charge in [0.1, 0.15) is 5.56 Å². The molecule has 1 aromatic heterocycles. The van der Waals surface area contributed by atoms with Crippen LogP contribution in [0.2, 0.25) is 0 Å². The molecule has 23 heavy (non-hydrogen) atoms. The minimum absolute atomic E-state index is 0.0671. The molecule has 0 radical (unpaired) electrons. The van der Waals surface area contributed by atoms with E-state index in [1.54, 1.807) is 24.3 Å². The van der Waals surface area contributed by atoms with Crippen LogP contribution in [0.1, 0.15) is 36.0 Å². The van der Waals surface area contributed by atoms with E-state index in [1.165, 1.54) is 12.3 Å². The standard InChI is InChI=1S/C17H16N2O4/c20-15-12(4-3-9-18-15)16(21)19-11-5-6-13-14(10-11)23-17(22-13)7-1-2-8-17/h3-6,9-10H,1-2,7-8H2,(H,18,20)(H,19,21). The van der Waals surface area contributed by atoms with Gasteiger partial charge in [0.15, 0.2) is 11.5 Å². The van der Waals surface area contributed by atoms with E-state index in [1.807, 2.05) is 0 Å². The van der Waals surface area contributed by atoms with Crippen LogP contribution in [-0.2, 0) is 0 Å². The van der Waals surface area contributed by atoms with Gasteiger partial charge in [0.2, 0.25) is 0 Å². The summed E-state index contributed by atoms with van der Waals surface area (Å²) in [6, 6.07) is 8.35. The molecule has 0 atom stereocenters. The lowest BCUT2D eigenvalue weighted by atomic mass is 10.2. The van der Waals surface area contributed by atoms with Gasteiger partial charge in [-0.05, 0) is 37.1 Å². The van der Waals surface area contributed by atoms with Crippen molar-refractivity contribution in [1.29, 1.82) is 0 Å². The van der Waals surface area contributed by atoms with Crippen molar-refractivity contribution in [3.8, 4) is 11.5 Å². The molecule has 1 amide bonds. The highest BCUT2D eigenvalue weighted by atomic mass is 16.7. The number of ether oxygens (including phenoxy) is 2. The zero-order valence-electron chi connectivity index (χ0n) is 12.4. The zero-order chi connectivity index (χ0) is 15.9. The smallest absolute Gasteiger partial charge is 0.261 e. The number of hydrogen-bond acceptors (Lipinski definition) is 4. The van der Waals surface area contributed by atoms with Crippen LogP contribution in [0.5, 0.6) is 11.5 Å². The Balaban J connectivity index is 1.55. The van der Waals surface area contributed by atoms with Crippen LogP contribution in [0.15, 0.2) is 41.3 Å². The highest BCUT2D eigenvalue weighted by Crippen LogP contribution is 2.47. The van der Waals surface area contributed by atoms with Crippen LogP contribution in [-0.4, -0.2) is 16.7 Å². The van der Waals surface area contributed by atoms with Crippen LogP contribution in [0.4, 0.5) is 5.69 Å². The summed E-state index contributed by atoms with van der Waals surface area (Å²) in [5.41, 5.74) is 0.212. The van der Waals surface area contributed by atoms with Crippen LogP contribution in [0.3, 0.4) is 0 Å². The number of anilines is 1. The third-order valence-electron chi connectivity index (χ3n) is 4.22. The van der Waals surface area contributed by atoms with E-state index in [9.17, 15) is 9.59 Å². The Morgan fingerprint density at radius 1 is 1.13 bits per heavy atom. The van der Waals surface area contributed by atoms with E-state index in [0.717, 1.165) is 25.7 Å². The van der Waals surface area contributed by atoms with Crippen molar-refractivity contribution in [3.05, 3.63) is 52.4 Å². The average Bonchev–Trinajstić information content (AvgIpc) is 3.13. The molecule has 1 spiro atoms. The van der Waals surface area contributed by atoms with E-state index in [0.29, 0.717) is 17.2 Å². The lowest BCUT2D eigenvalue weighted by Gasteiger charge is -2.21. The van der Waals surface area contributed by atoms with Crippen molar-refractivity contribution >= 4 is 11.6 Å². The van der Waals surface area contributed by atoms with E-state index in [-0.39, 0.29) is 5.56 Å². The normalized spacial score (nSPS) is 17.4. The zero-order valence-corrected chi connectivity index (χ0v) is 12.4. The maximum atomic E-state index is 12.2. The number of carbonyl (C=O) groups excluding carboxylic acids is 1. The van der Waals surface area contributed by atoms with Crippen molar-refractivity contribution in [3.63, 3.8) is 0 Å². The molecule has 1 fully saturated rings. The number of rotatable bonds is 2. The first-order valence-electron chi connectivity index (χ1n) is 7.66. The maximum absolute atomic E-state index is 12.2. The molecule has 6 nitrogen and oxygen atoms in total. The SMILES string of the molecule is O=C(Nc1ccc2c(c1)OC1(CCCC1)O2)c1ccc[nH]c1=O. The lowest BCUT2D eigenvalue weighted by Crippen LogP contribution is -2.34. The third-order valence-corrected chi connectivity index (χ3v) is 4.22. The molecule has 0 bridgehead atoms. The number of aromatic amines is 1. The largest absolute Gasteiger partial charge is 0.448 e. The number of amides is 1. The Hall–Kier alpha value is -2.76. The topological polar surface area (TPSA) is 80.4 Å². The predicted molar refractivity (Wildman–Crippen MR) is 83.9 cm³/mol. The first-order valence-corrected chi connectivity index (χ1v) is 7.66. The number of pyridine rings is 1. The molecule has 4 rings (SSSR count). The van der Waals surface area contributed by atoms with Crippen molar-refractivity contribution in [2.75, 3.05) is 5.32 Å². The molecule has 1 aliphatic carbocycles. The summed E-state index contributed by atoms with van der Waals surface area (Å²) in [4.78, 5) is 26.3. The summed E-state index contributed by atoms with van der Waals surface area (Å²) in [6.07, 6.45) is 5.43. The number of hydrogen-bond donors (Lipinski definition) is 2. The lowest BCUT2D eigenvalue weighted by molar-refractivity contribution is -0.0716. The van der Waals surface area contributed by atoms with Crippen LogP contribution >= 0.6 is 0 Å². The Kier molecular flexibility index (Phi) is 3.11. The van der Waals surface area contributed by atoms with Gasteiger partial charge >= 0.3 is 0 Å². The van der Waals surface area contributed by atoms with Gasteiger partial charge in [-0.3, -0.25) is 9.59 Å². The summed E-state index contributed by atoms with van der Waals surface area (Å²) in [5.74, 6) is 0.345. The molecule has 2 N–H and O–H groups in total. The van der Waals surface area contributed by atoms with E-state index in [4.69, 9.17) is 9.47 Å². The van der Waals surface area contributed by atoms with Gasteiger partial charge in [-0.1, -0.05) is 0 Å².